The number of likely N-dealkylation sites (N-methyl/N-ethyl adjacent to an activating group) is 1. The summed E-state index contributed by atoms with van der Waals surface area (Å²) in [6, 6.07) is 8.16. The molecule has 1 aromatic carbocycles. The Balaban J connectivity index is 1.66. The van der Waals surface area contributed by atoms with Crippen molar-refractivity contribution in [2.75, 3.05) is 39.3 Å². The lowest BCUT2D eigenvalue weighted by Crippen LogP contribution is -2.53. The quantitative estimate of drug-likeness (QED) is 0.110. The van der Waals surface area contributed by atoms with E-state index in [1.165, 1.54) is 83.5 Å². The molecule has 0 radical (unpaired) electrons. The third-order valence-corrected chi connectivity index (χ3v) is 8.28. The van der Waals surface area contributed by atoms with Crippen LogP contribution in [-0.4, -0.2) is 61.7 Å². The van der Waals surface area contributed by atoms with Gasteiger partial charge >= 0.3 is 6.09 Å². The third-order valence-electron chi connectivity index (χ3n) is 8.28. The Kier molecular flexibility index (Phi) is 19.2. The molecule has 1 aliphatic heterocycles. The van der Waals surface area contributed by atoms with Crippen LogP contribution in [0.25, 0.3) is 0 Å². The number of piperazine rings is 1. The van der Waals surface area contributed by atoms with Crippen LogP contribution >= 0.6 is 0 Å². The molecule has 1 unspecified atom stereocenters. The molecule has 1 fully saturated rings. The van der Waals surface area contributed by atoms with Crippen LogP contribution in [0.15, 0.2) is 24.3 Å². The Bertz CT molecular complexity index is 783. The maximum absolute atomic E-state index is 12.5. The van der Waals surface area contributed by atoms with Crippen LogP contribution in [0.3, 0.4) is 0 Å². The van der Waals surface area contributed by atoms with E-state index in [-0.39, 0.29) is 12.5 Å². The van der Waals surface area contributed by atoms with Crippen molar-refractivity contribution in [1.82, 2.24) is 20.7 Å². The van der Waals surface area contributed by atoms with E-state index in [0.717, 1.165) is 63.1 Å². The summed E-state index contributed by atoms with van der Waals surface area (Å²) in [4.78, 5) is 25.9. The molecule has 2 N–H and O–H groups in total. The fourth-order valence-electron chi connectivity index (χ4n) is 5.69. The van der Waals surface area contributed by atoms with Crippen molar-refractivity contribution in [3.8, 4) is 0 Å². The monoisotopic (exact) mass is 558 g/mol. The lowest BCUT2D eigenvalue weighted by atomic mass is 9.89. The van der Waals surface area contributed by atoms with Crippen molar-refractivity contribution in [2.24, 2.45) is 0 Å². The maximum atomic E-state index is 12.5. The number of carbonyl (C=O) groups excluding carboxylic acids is 2. The molecule has 0 aromatic heterocycles. The molecule has 1 aliphatic rings. The highest BCUT2D eigenvalue weighted by atomic mass is 16.6. The van der Waals surface area contributed by atoms with Crippen LogP contribution in [0, 0.1) is 0 Å². The van der Waals surface area contributed by atoms with Gasteiger partial charge in [-0.25, -0.2) is 9.80 Å². The normalized spacial score (nSPS) is 15.1. The first-order valence-electron chi connectivity index (χ1n) is 16.3. The molecule has 1 heterocycles. The van der Waals surface area contributed by atoms with Gasteiger partial charge in [0.1, 0.15) is 6.61 Å². The lowest BCUT2D eigenvalue weighted by Gasteiger charge is -2.33. The highest BCUT2D eigenvalue weighted by Crippen LogP contribution is 2.26. The van der Waals surface area contributed by atoms with E-state index in [9.17, 15) is 9.59 Å². The molecule has 1 atom stereocenters. The third kappa shape index (κ3) is 15.0. The number of benzene rings is 1. The van der Waals surface area contributed by atoms with Gasteiger partial charge in [-0.1, -0.05) is 128 Å². The zero-order valence-electron chi connectivity index (χ0n) is 25.6. The van der Waals surface area contributed by atoms with Crippen molar-refractivity contribution in [2.45, 2.75) is 123 Å². The molecule has 7 nitrogen and oxygen atoms in total. The van der Waals surface area contributed by atoms with E-state index in [2.05, 4.69) is 35.6 Å². The number of hydrogen-bond acceptors (Lipinski definition) is 5. The zero-order chi connectivity index (χ0) is 28.7. The second-order valence-corrected chi connectivity index (χ2v) is 11.4. The molecule has 0 bridgehead atoms. The van der Waals surface area contributed by atoms with E-state index in [0.29, 0.717) is 6.54 Å². The fourth-order valence-corrected chi connectivity index (χ4v) is 5.69. The van der Waals surface area contributed by atoms with Crippen molar-refractivity contribution < 1.29 is 14.3 Å². The number of nitrogens with one attached hydrogen (secondary N) is 2. The summed E-state index contributed by atoms with van der Waals surface area (Å²) < 4.78 is 5.61. The Morgan fingerprint density at radius 1 is 0.850 bits per heavy atom. The molecule has 40 heavy (non-hydrogen) atoms. The van der Waals surface area contributed by atoms with Gasteiger partial charge in [-0.15, -0.1) is 0 Å². The Labute approximate surface area is 244 Å². The van der Waals surface area contributed by atoms with Crippen LogP contribution in [0.2, 0.25) is 0 Å². The molecule has 0 aliphatic carbocycles. The van der Waals surface area contributed by atoms with Crippen molar-refractivity contribution in [1.29, 1.82) is 0 Å². The van der Waals surface area contributed by atoms with Crippen LogP contribution in [-0.2, 0) is 16.1 Å². The zero-order valence-corrected chi connectivity index (χ0v) is 25.6. The fraction of sp³-hybridized carbons (Fsp3) is 0.758. The average Bonchev–Trinajstić information content (AvgIpc) is 2.98. The number of amides is 2. The summed E-state index contributed by atoms with van der Waals surface area (Å²) >= 11 is 0. The summed E-state index contributed by atoms with van der Waals surface area (Å²) in [5.74, 6) is 0.215. The van der Waals surface area contributed by atoms with Crippen LogP contribution < -0.4 is 10.7 Å². The van der Waals surface area contributed by atoms with Gasteiger partial charge in [0.2, 0.25) is 6.41 Å². The van der Waals surface area contributed by atoms with Gasteiger partial charge in [0, 0.05) is 38.6 Å². The van der Waals surface area contributed by atoms with Crippen molar-refractivity contribution in [3.05, 3.63) is 35.4 Å². The lowest BCUT2D eigenvalue weighted by molar-refractivity contribution is -0.109. The average molecular weight is 559 g/mol. The predicted molar refractivity (Wildman–Crippen MR) is 165 cm³/mol. The number of carbonyl (C=O) groups is 2. The second kappa shape index (κ2) is 22.6. The number of rotatable bonds is 23. The number of hydrazine groups is 1. The number of hydrogen-bond donors (Lipinski definition) is 2. The summed E-state index contributed by atoms with van der Waals surface area (Å²) in [5, 5.41) is 4.83. The first-order valence-corrected chi connectivity index (χ1v) is 16.3. The second-order valence-electron chi connectivity index (χ2n) is 11.4. The number of ether oxygens (including phenoxy) is 1. The SMILES string of the molecule is CCCCCCCCCCCCCCCCC(CNC=O)c1ccccc1COC(=O)NN1CCN(CC)CC1. The van der Waals surface area contributed by atoms with Crippen LogP contribution in [0.1, 0.15) is 127 Å². The van der Waals surface area contributed by atoms with Gasteiger partial charge in [-0.3, -0.25) is 10.2 Å². The van der Waals surface area contributed by atoms with Crippen molar-refractivity contribution in [3.63, 3.8) is 0 Å². The summed E-state index contributed by atoms with van der Waals surface area (Å²) in [7, 11) is 0. The molecule has 228 valence electrons. The molecular formula is C33H58N4O3. The number of nitrogens with zero attached hydrogens (tertiary/aromatic N) is 2. The van der Waals surface area contributed by atoms with Crippen LogP contribution in [0.4, 0.5) is 4.79 Å². The van der Waals surface area contributed by atoms with Gasteiger partial charge in [0.25, 0.3) is 0 Å². The summed E-state index contributed by atoms with van der Waals surface area (Å²) in [6.45, 7) is 9.81. The van der Waals surface area contributed by atoms with Crippen molar-refractivity contribution >= 4 is 12.5 Å². The Morgan fingerprint density at radius 3 is 2.00 bits per heavy atom. The van der Waals surface area contributed by atoms with Crippen LogP contribution in [0.5, 0.6) is 0 Å². The molecular weight excluding hydrogens is 500 g/mol. The minimum Gasteiger partial charge on any atom is -0.444 e. The Hall–Kier alpha value is -2.12. The predicted octanol–water partition coefficient (Wildman–Crippen LogP) is 7.17. The van der Waals surface area contributed by atoms with E-state index in [1.54, 1.807) is 0 Å². The van der Waals surface area contributed by atoms with Gasteiger partial charge in [0.15, 0.2) is 0 Å². The first-order chi connectivity index (χ1) is 19.7. The highest BCUT2D eigenvalue weighted by molar-refractivity contribution is 5.66. The topological polar surface area (TPSA) is 73.9 Å². The maximum Gasteiger partial charge on any atom is 0.422 e. The van der Waals surface area contributed by atoms with E-state index in [1.807, 2.05) is 23.2 Å². The van der Waals surface area contributed by atoms with Gasteiger partial charge in [-0.2, -0.15) is 0 Å². The van der Waals surface area contributed by atoms with Gasteiger partial charge < -0.3 is 15.0 Å². The van der Waals surface area contributed by atoms with E-state index in [4.69, 9.17) is 4.74 Å². The first kappa shape index (κ1) is 34.1. The number of unbranched alkanes of at least 4 members (excludes halogenated alkanes) is 13. The smallest absolute Gasteiger partial charge is 0.422 e. The molecule has 2 amide bonds. The minimum absolute atomic E-state index is 0.215. The molecule has 0 spiro atoms. The van der Waals surface area contributed by atoms with Gasteiger partial charge in [-0.05, 0) is 24.1 Å². The van der Waals surface area contributed by atoms with E-state index < -0.39 is 6.09 Å². The molecule has 7 heteroatoms. The Morgan fingerprint density at radius 2 is 1.43 bits per heavy atom. The largest absolute Gasteiger partial charge is 0.444 e. The molecule has 1 saturated heterocycles. The summed E-state index contributed by atoms with van der Waals surface area (Å²) in [6.07, 6.45) is 20.2. The van der Waals surface area contributed by atoms with Gasteiger partial charge in [0.05, 0.1) is 0 Å². The molecule has 1 aromatic rings. The van der Waals surface area contributed by atoms with E-state index >= 15 is 0 Å². The highest BCUT2D eigenvalue weighted by Gasteiger charge is 2.19. The summed E-state index contributed by atoms with van der Waals surface area (Å²) in [5.41, 5.74) is 5.06. The molecule has 2 rings (SSSR count). The minimum atomic E-state index is -0.408. The standard InChI is InChI=1S/C33H58N4O3/c1-3-5-6-7-8-9-10-11-12-13-14-15-16-17-20-30(27-34-29-38)32-22-19-18-21-31(32)28-40-33(39)35-37-25-23-36(4-2)24-26-37/h18-19,21-22,29-30H,3-17,20,23-28H2,1-2H3,(H,34,38)(H,35,39). The molecule has 0 saturated carbocycles.